The van der Waals surface area contributed by atoms with E-state index in [0.29, 0.717) is 19.3 Å². The Kier molecular flexibility index (Phi) is 12.5. The van der Waals surface area contributed by atoms with Crippen LogP contribution in [0.4, 0.5) is 0 Å². The van der Waals surface area contributed by atoms with Crippen LogP contribution in [0.5, 0.6) is 0 Å². The van der Waals surface area contributed by atoms with Gasteiger partial charge in [0.05, 0.1) is 12.5 Å². The van der Waals surface area contributed by atoms with E-state index < -0.39 is 23.8 Å². The molecule has 0 aromatic heterocycles. The number of carbonyl (C=O) groups is 4. The predicted molar refractivity (Wildman–Crippen MR) is 146 cm³/mol. The predicted octanol–water partition coefficient (Wildman–Crippen LogP) is 4.37. The van der Waals surface area contributed by atoms with Crippen molar-refractivity contribution in [2.75, 3.05) is 6.61 Å². The molecule has 0 bridgehead atoms. The number of esters is 1. The molecule has 0 heterocycles. The fourth-order valence-corrected chi connectivity index (χ4v) is 4.24. The Balaban J connectivity index is 2.02. The molecule has 3 atom stereocenters. The van der Waals surface area contributed by atoms with E-state index in [0.717, 1.165) is 16.7 Å². The summed E-state index contributed by atoms with van der Waals surface area (Å²) in [5.74, 6) is -2.56. The third-order valence-electron chi connectivity index (χ3n) is 6.15. The van der Waals surface area contributed by atoms with Gasteiger partial charge in [0.15, 0.2) is 0 Å². The van der Waals surface area contributed by atoms with Crippen molar-refractivity contribution < 1.29 is 29.0 Å². The van der Waals surface area contributed by atoms with Gasteiger partial charge in [-0.1, -0.05) is 75.4 Å². The fourth-order valence-electron chi connectivity index (χ4n) is 4.24. The summed E-state index contributed by atoms with van der Waals surface area (Å²) in [6, 6.07) is 16.7. The first-order valence-corrected chi connectivity index (χ1v) is 13.2. The molecule has 2 aromatic rings. The standard InChI is InChI=1S/C30H40N2O6/c1-5-38-30(37)21(4)18-25(19-22-11-13-24(14-12-22)23-9-7-6-8-10-23)31-27(33)15-16-28(34)32-26(29(35)36)17-20(2)3/h6-14,20-21,25-26H,5,15-19H2,1-4H3,(H,31,33)(H,32,34)(H,35,36). The van der Waals surface area contributed by atoms with Gasteiger partial charge in [-0.25, -0.2) is 4.79 Å². The summed E-state index contributed by atoms with van der Waals surface area (Å²) in [4.78, 5) is 48.7. The van der Waals surface area contributed by atoms with Gasteiger partial charge in [0, 0.05) is 18.9 Å². The minimum absolute atomic E-state index is 0.0862. The summed E-state index contributed by atoms with van der Waals surface area (Å²) in [5, 5.41) is 14.8. The number of ether oxygens (including phenoxy) is 1. The third kappa shape index (κ3) is 10.7. The lowest BCUT2D eigenvalue weighted by Gasteiger charge is -2.22. The highest BCUT2D eigenvalue weighted by Gasteiger charge is 2.24. The lowest BCUT2D eigenvalue weighted by atomic mass is 9.94. The number of hydrogen-bond donors (Lipinski definition) is 3. The van der Waals surface area contributed by atoms with Crippen LogP contribution in [0.3, 0.4) is 0 Å². The Morgan fingerprint density at radius 1 is 0.816 bits per heavy atom. The lowest BCUT2D eigenvalue weighted by molar-refractivity contribution is -0.148. The van der Waals surface area contributed by atoms with Crippen molar-refractivity contribution in [3.8, 4) is 11.1 Å². The van der Waals surface area contributed by atoms with Crippen LogP contribution >= 0.6 is 0 Å². The Morgan fingerprint density at radius 3 is 1.95 bits per heavy atom. The number of amides is 2. The Morgan fingerprint density at radius 2 is 1.39 bits per heavy atom. The van der Waals surface area contributed by atoms with Crippen LogP contribution in [-0.2, 0) is 30.3 Å². The van der Waals surface area contributed by atoms with Gasteiger partial charge in [-0.3, -0.25) is 14.4 Å². The van der Waals surface area contributed by atoms with Crippen molar-refractivity contribution in [1.29, 1.82) is 0 Å². The number of carboxylic acids is 1. The van der Waals surface area contributed by atoms with E-state index in [2.05, 4.69) is 10.6 Å². The summed E-state index contributed by atoms with van der Waals surface area (Å²) in [6.45, 7) is 7.55. The summed E-state index contributed by atoms with van der Waals surface area (Å²) >= 11 is 0. The van der Waals surface area contributed by atoms with Crippen LogP contribution in [0.1, 0.15) is 58.9 Å². The average Bonchev–Trinajstić information content (AvgIpc) is 2.87. The number of aliphatic carboxylic acids is 1. The fraction of sp³-hybridized carbons (Fsp3) is 0.467. The van der Waals surface area contributed by atoms with Gasteiger partial charge in [-0.05, 0) is 48.8 Å². The maximum atomic E-state index is 12.7. The van der Waals surface area contributed by atoms with Crippen LogP contribution in [-0.4, -0.2) is 47.6 Å². The Hall–Kier alpha value is -3.68. The molecule has 3 unspecified atom stereocenters. The van der Waals surface area contributed by atoms with Gasteiger partial charge in [0.25, 0.3) is 0 Å². The molecule has 3 N–H and O–H groups in total. The van der Waals surface area contributed by atoms with Crippen molar-refractivity contribution in [2.45, 2.75) is 71.9 Å². The van der Waals surface area contributed by atoms with Gasteiger partial charge in [-0.15, -0.1) is 0 Å². The quantitative estimate of drug-likeness (QED) is 0.298. The van der Waals surface area contributed by atoms with Crippen molar-refractivity contribution in [2.24, 2.45) is 11.8 Å². The maximum absolute atomic E-state index is 12.7. The highest BCUT2D eigenvalue weighted by atomic mass is 16.5. The molecule has 0 saturated carbocycles. The molecule has 0 aliphatic heterocycles. The molecule has 0 aliphatic carbocycles. The molecule has 38 heavy (non-hydrogen) atoms. The maximum Gasteiger partial charge on any atom is 0.326 e. The molecule has 0 radical (unpaired) electrons. The molecule has 2 amide bonds. The molecule has 2 aromatic carbocycles. The van der Waals surface area contributed by atoms with E-state index in [1.165, 1.54) is 0 Å². The van der Waals surface area contributed by atoms with Gasteiger partial charge in [-0.2, -0.15) is 0 Å². The second-order valence-electron chi connectivity index (χ2n) is 10.0. The minimum atomic E-state index is -1.09. The van der Waals surface area contributed by atoms with E-state index >= 15 is 0 Å². The number of rotatable bonds is 15. The average molecular weight is 525 g/mol. The van der Waals surface area contributed by atoms with Crippen molar-refractivity contribution in [3.63, 3.8) is 0 Å². The number of hydrogen-bond acceptors (Lipinski definition) is 5. The summed E-state index contributed by atoms with van der Waals surface area (Å²) in [5.41, 5.74) is 3.19. The molecular formula is C30H40N2O6. The normalized spacial score (nSPS) is 13.3. The second kappa shape index (κ2) is 15.5. The molecule has 0 fully saturated rings. The minimum Gasteiger partial charge on any atom is -0.480 e. The highest BCUT2D eigenvalue weighted by molar-refractivity contribution is 5.87. The van der Waals surface area contributed by atoms with Crippen LogP contribution in [0.15, 0.2) is 54.6 Å². The number of benzene rings is 2. The highest BCUT2D eigenvalue weighted by Crippen LogP contribution is 2.21. The van der Waals surface area contributed by atoms with Gasteiger partial charge in [0.1, 0.15) is 6.04 Å². The zero-order valence-electron chi connectivity index (χ0n) is 22.7. The second-order valence-corrected chi connectivity index (χ2v) is 10.0. The summed E-state index contributed by atoms with van der Waals surface area (Å²) < 4.78 is 5.13. The van der Waals surface area contributed by atoms with Gasteiger partial charge in [0.2, 0.25) is 11.8 Å². The molecule has 2 rings (SSSR count). The third-order valence-corrected chi connectivity index (χ3v) is 6.15. The van der Waals surface area contributed by atoms with Crippen molar-refractivity contribution in [1.82, 2.24) is 10.6 Å². The SMILES string of the molecule is CCOC(=O)C(C)CC(Cc1ccc(-c2ccccc2)cc1)NC(=O)CCC(=O)NC(CC(C)C)C(=O)O. The zero-order chi connectivity index (χ0) is 28.1. The zero-order valence-corrected chi connectivity index (χ0v) is 22.7. The topological polar surface area (TPSA) is 122 Å². The smallest absolute Gasteiger partial charge is 0.326 e. The monoisotopic (exact) mass is 524 g/mol. The van der Waals surface area contributed by atoms with Crippen LogP contribution in [0.2, 0.25) is 0 Å². The molecular weight excluding hydrogens is 484 g/mol. The molecule has 8 heteroatoms. The lowest BCUT2D eigenvalue weighted by Crippen LogP contribution is -2.42. The Bertz CT molecular complexity index is 1050. The molecule has 0 spiro atoms. The first-order valence-electron chi connectivity index (χ1n) is 13.2. The molecule has 0 aliphatic rings. The van der Waals surface area contributed by atoms with E-state index in [1.807, 2.05) is 68.4 Å². The van der Waals surface area contributed by atoms with Crippen LogP contribution in [0.25, 0.3) is 11.1 Å². The summed E-state index contributed by atoms with van der Waals surface area (Å²) in [7, 11) is 0. The van der Waals surface area contributed by atoms with Gasteiger partial charge < -0.3 is 20.5 Å². The first-order chi connectivity index (χ1) is 18.1. The number of carbonyl (C=O) groups excluding carboxylic acids is 3. The van der Waals surface area contributed by atoms with Crippen LogP contribution < -0.4 is 10.6 Å². The van der Waals surface area contributed by atoms with E-state index in [1.54, 1.807) is 13.8 Å². The van der Waals surface area contributed by atoms with Crippen LogP contribution in [0, 0.1) is 11.8 Å². The molecule has 8 nitrogen and oxygen atoms in total. The van der Waals surface area contributed by atoms with E-state index in [9.17, 15) is 24.3 Å². The first kappa shape index (κ1) is 30.5. The molecule has 0 saturated heterocycles. The largest absolute Gasteiger partial charge is 0.480 e. The van der Waals surface area contributed by atoms with E-state index in [4.69, 9.17) is 4.74 Å². The molecule has 206 valence electrons. The Labute approximate surface area is 225 Å². The number of nitrogens with one attached hydrogen (secondary N) is 2. The van der Waals surface area contributed by atoms with Crippen molar-refractivity contribution >= 4 is 23.8 Å². The summed E-state index contributed by atoms with van der Waals surface area (Å²) in [6.07, 6.45) is 0.986. The van der Waals surface area contributed by atoms with Crippen molar-refractivity contribution in [3.05, 3.63) is 60.2 Å². The number of carboxylic acid groups (broad SMARTS) is 1. The van der Waals surface area contributed by atoms with Gasteiger partial charge >= 0.3 is 11.9 Å². The van der Waals surface area contributed by atoms with E-state index in [-0.39, 0.29) is 43.3 Å².